The Hall–Kier alpha value is -8.20. The SMILES string of the molecule is c1ccc(-c2ccc(N(c3cccc(-c4ccc5c(c4)c(-c4ccccc4)c(-c4ccccc4)c4ccccc45)c3)c3cccc4oc5ccccc5c34)c3ccccc23)cc1. The van der Waals surface area contributed by atoms with Crippen LogP contribution in [0.3, 0.4) is 0 Å². The first kappa shape index (κ1) is 35.7. The molecule has 0 radical (unpaired) electrons. The number of anilines is 3. The second kappa shape index (κ2) is 14.8. The summed E-state index contributed by atoms with van der Waals surface area (Å²) in [5.74, 6) is 0. The minimum absolute atomic E-state index is 0.861. The molecule has 0 aliphatic rings. The number of para-hydroxylation sites is 1. The van der Waals surface area contributed by atoms with Crippen LogP contribution in [0.1, 0.15) is 0 Å². The van der Waals surface area contributed by atoms with Crippen LogP contribution in [-0.4, -0.2) is 0 Å². The van der Waals surface area contributed by atoms with Gasteiger partial charge in [0.05, 0.1) is 16.8 Å². The van der Waals surface area contributed by atoms with Crippen molar-refractivity contribution >= 4 is 71.3 Å². The third-order valence-corrected chi connectivity index (χ3v) is 12.4. The topological polar surface area (TPSA) is 16.4 Å². The molecule has 1 heterocycles. The van der Waals surface area contributed by atoms with Crippen LogP contribution in [0, 0.1) is 0 Å². The van der Waals surface area contributed by atoms with Gasteiger partial charge in [0.2, 0.25) is 0 Å². The molecule has 0 N–H and O–H groups in total. The van der Waals surface area contributed by atoms with Gasteiger partial charge in [0.15, 0.2) is 0 Å². The highest BCUT2D eigenvalue weighted by molar-refractivity contribution is 6.22. The van der Waals surface area contributed by atoms with Crippen molar-refractivity contribution in [1.29, 1.82) is 0 Å². The van der Waals surface area contributed by atoms with Crippen molar-refractivity contribution in [3.63, 3.8) is 0 Å². The fourth-order valence-electron chi connectivity index (χ4n) is 9.70. The Balaban J connectivity index is 1.11. The summed E-state index contributed by atoms with van der Waals surface area (Å²) >= 11 is 0. The third kappa shape index (κ3) is 5.88. The zero-order chi connectivity index (χ0) is 41.0. The molecule has 0 unspecified atom stereocenters. The van der Waals surface area contributed by atoms with E-state index in [0.717, 1.165) is 50.1 Å². The van der Waals surface area contributed by atoms with Crippen molar-refractivity contribution in [3.05, 3.63) is 237 Å². The van der Waals surface area contributed by atoms with Crippen molar-refractivity contribution in [2.24, 2.45) is 0 Å². The molecule has 0 bridgehead atoms. The van der Waals surface area contributed by atoms with Crippen molar-refractivity contribution < 1.29 is 4.42 Å². The monoisotopic (exact) mass is 789 g/mol. The maximum atomic E-state index is 6.51. The number of hydrogen-bond acceptors (Lipinski definition) is 2. The Bertz CT molecular complexity index is 3630. The minimum atomic E-state index is 0.861. The lowest BCUT2D eigenvalue weighted by Crippen LogP contribution is -2.11. The zero-order valence-corrected chi connectivity index (χ0v) is 33.9. The number of nitrogens with zero attached hydrogens (tertiary/aromatic N) is 1. The van der Waals surface area contributed by atoms with Crippen LogP contribution in [0.15, 0.2) is 241 Å². The Morgan fingerprint density at radius 3 is 1.55 bits per heavy atom. The number of rotatable bonds is 7. The van der Waals surface area contributed by atoms with Gasteiger partial charge in [-0.1, -0.05) is 194 Å². The molecule has 2 heteroatoms. The van der Waals surface area contributed by atoms with Gasteiger partial charge in [-0.2, -0.15) is 0 Å². The van der Waals surface area contributed by atoms with Crippen molar-refractivity contribution in [2.75, 3.05) is 4.90 Å². The molecule has 62 heavy (non-hydrogen) atoms. The van der Waals surface area contributed by atoms with E-state index >= 15 is 0 Å². The molecule has 12 rings (SSSR count). The Morgan fingerprint density at radius 2 is 0.806 bits per heavy atom. The maximum Gasteiger partial charge on any atom is 0.137 e. The van der Waals surface area contributed by atoms with E-state index in [4.69, 9.17) is 4.42 Å². The molecule has 0 aliphatic carbocycles. The highest BCUT2D eigenvalue weighted by Gasteiger charge is 2.23. The molecule has 0 atom stereocenters. The van der Waals surface area contributed by atoms with Gasteiger partial charge in [-0.15, -0.1) is 0 Å². The summed E-state index contributed by atoms with van der Waals surface area (Å²) in [6.07, 6.45) is 0. The fraction of sp³-hybridized carbons (Fsp3) is 0. The first-order valence-electron chi connectivity index (χ1n) is 21.3. The van der Waals surface area contributed by atoms with Crippen LogP contribution < -0.4 is 4.90 Å². The van der Waals surface area contributed by atoms with E-state index in [1.54, 1.807) is 0 Å². The minimum Gasteiger partial charge on any atom is -0.456 e. The van der Waals surface area contributed by atoms with E-state index in [-0.39, 0.29) is 0 Å². The van der Waals surface area contributed by atoms with Gasteiger partial charge in [0.1, 0.15) is 11.2 Å². The average Bonchev–Trinajstić information content (AvgIpc) is 3.74. The van der Waals surface area contributed by atoms with E-state index in [9.17, 15) is 0 Å². The maximum absolute atomic E-state index is 6.51. The first-order valence-corrected chi connectivity index (χ1v) is 21.3. The number of hydrogen-bond donors (Lipinski definition) is 0. The summed E-state index contributed by atoms with van der Waals surface area (Å²) < 4.78 is 6.51. The Labute approximate surface area is 360 Å². The van der Waals surface area contributed by atoms with Gasteiger partial charge < -0.3 is 9.32 Å². The fourth-order valence-corrected chi connectivity index (χ4v) is 9.70. The predicted molar refractivity (Wildman–Crippen MR) is 263 cm³/mol. The zero-order valence-electron chi connectivity index (χ0n) is 33.9. The summed E-state index contributed by atoms with van der Waals surface area (Å²) in [4.78, 5) is 2.43. The van der Waals surface area contributed by atoms with E-state index < -0.39 is 0 Å². The summed E-state index contributed by atoms with van der Waals surface area (Å²) in [6.45, 7) is 0. The molecule has 0 aliphatic heterocycles. The number of fused-ring (bicyclic) bond motifs is 7. The third-order valence-electron chi connectivity index (χ3n) is 12.4. The van der Waals surface area contributed by atoms with Crippen molar-refractivity contribution in [3.8, 4) is 44.5 Å². The van der Waals surface area contributed by atoms with E-state index in [1.165, 1.54) is 65.7 Å². The van der Waals surface area contributed by atoms with Crippen LogP contribution in [0.5, 0.6) is 0 Å². The predicted octanol–water partition coefficient (Wildman–Crippen LogP) is 17.2. The van der Waals surface area contributed by atoms with Crippen molar-refractivity contribution in [1.82, 2.24) is 0 Å². The molecular formula is C60H39NO. The normalized spacial score (nSPS) is 11.5. The largest absolute Gasteiger partial charge is 0.456 e. The Morgan fingerprint density at radius 1 is 0.274 bits per heavy atom. The van der Waals surface area contributed by atoms with Gasteiger partial charge >= 0.3 is 0 Å². The van der Waals surface area contributed by atoms with Crippen LogP contribution in [0.25, 0.3) is 98.8 Å². The van der Waals surface area contributed by atoms with Gasteiger partial charge in [-0.25, -0.2) is 0 Å². The smallest absolute Gasteiger partial charge is 0.137 e. The highest BCUT2D eigenvalue weighted by Crippen LogP contribution is 2.49. The molecule has 0 saturated carbocycles. The van der Waals surface area contributed by atoms with E-state index in [0.29, 0.717) is 0 Å². The summed E-state index contributed by atoms with van der Waals surface area (Å²) in [6, 6.07) is 85.5. The highest BCUT2D eigenvalue weighted by atomic mass is 16.3. The lowest BCUT2D eigenvalue weighted by molar-refractivity contribution is 0.669. The molecule has 0 fully saturated rings. The molecule has 290 valence electrons. The number of furan rings is 1. The van der Waals surface area contributed by atoms with Crippen LogP contribution in [0.2, 0.25) is 0 Å². The van der Waals surface area contributed by atoms with Gasteiger partial charge in [0.25, 0.3) is 0 Å². The number of benzene rings is 11. The van der Waals surface area contributed by atoms with Crippen molar-refractivity contribution in [2.45, 2.75) is 0 Å². The van der Waals surface area contributed by atoms with Crippen LogP contribution in [0.4, 0.5) is 17.1 Å². The molecular weight excluding hydrogens is 751 g/mol. The molecule has 2 nitrogen and oxygen atoms in total. The average molecular weight is 790 g/mol. The summed E-state index contributed by atoms with van der Waals surface area (Å²) in [7, 11) is 0. The molecule has 0 spiro atoms. The lowest BCUT2D eigenvalue weighted by Gasteiger charge is -2.28. The van der Waals surface area contributed by atoms with Gasteiger partial charge in [0, 0.05) is 16.5 Å². The van der Waals surface area contributed by atoms with Gasteiger partial charge in [-0.3, -0.25) is 0 Å². The van der Waals surface area contributed by atoms with Crippen LogP contribution in [-0.2, 0) is 0 Å². The Kier molecular flexibility index (Phi) is 8.53. The quantitative estimate of drug-likeness (QED) is 0.150. The molecule has 1 aromatic heterocycles. The van der Waals surface area contributed by atoms with E-state index in [1.807, 2.05) is 6.07 Å². The molecule has 12 aromatic rings. The lowest BCUT2D eigenvalue weighted by atomic mass is 9.84. The first-order chi connectivity index (χ1) is 30.8. The summed E-state index contributed by atoms with van der Waals surface area (Å²) in [5.41, 5.74) is 14.6. The molecule has 0 amide bonds. The molecule has 11 aromatic carbocycles. The second-order valence-electron chi connectivity index (χ2n) is 16.0. The van der Waals surface area contributed by atoms with Crippen LogP contribution >= 0.6 is 0 Å². The summed E-state index contributed by atoms with van der Waals surface area (Å²) in [5, 5.41) is 9.51. The molecule has 0 saturated heterocycles. The van der Waals surface area contributed by atoms with E-state index in [2.05, 4.69) is 235 Å². The van der Waals surface area contributed by atoms with Gasteiger partial charge in [-0.05, 0) is 114 Å². The second-order valence-corrected chi connectivity index (χ2v) is 16.0. The standard InChI is InChI=1S/C60H39NO/c1-4-18-40(19-5-1)46-36-37-54(50-28-12-10-26-47(46)50)61(55-31-17-33-57-60(55)52-30-14-15-32-56(52)62-57)45-25-16-24-43(38-45)44-34-35-49-48-27-11-13-29-51(48)58(41-20-6-2-7-21-41)59(53(49)39-44)42-22-8-3-9-23-42/h1-39H.